The quantitative estimate of drug-likeness (QED) is 0.788. The van der Waals surface area contributed by atoms with Crippen LogP contribution in [0.15, 0.2) is 48.5 Å². The molecule has 1 fully saturated rings. The first-order valence-electron chi connectivity index (χ1n) is 9.20. The highest BCUT2D eigenvalue weighted by atomic mass is 19.3. The number of rotatable bonds is 5. The highest BCUT2D eigenvalue weighted by molar-refractivity contribution is 5.96. The Balaban J connectivity index is 1.56. The van der Waals surface area contributed by atoms with Gasteiger partial charge in [-0.05, 0) is 48.4 Å². The number of hydrogen-bond donors (Lipinski definition) is 0. The molecule has 0 radical (unpaired) electrons. The second-order valence-electron chi connectivity index (χ2n) is 6.54. The van der Waals surface area contributed by atoms with Gasteiger partial charge in [0, 0.05) is 37.3 Å². The molecule has 0 saturated carbocycles. The summed E-state index contributed by atoms with van der Waals surface area (Å²) < 4.78 is 28.7. The molecule has 3 rings (SSSR count). The van der Waals surface area contributed by atoms with Crippen molar-refractivity contribution in [3.8, 4) is 5.75 Å². The van der Waals surface area contributed by atoms with Crippen LogP contribution in [-0.2, 0) is 6.42 Å². The van der Waals surface area contributed by atoms with Gasteiger partial charge in [0.15, 0.2) is 0 Å². The largest absolute Gasteiger partial charge is 0.435 e. The minimum atomic E-state index is -2.90. The summed E-state index contributed by atoms with van der Waals surface area (Å²) in [6.45, 7) is 0.913. The van der Waals surface area contributed by atoms with Crippen LogP contribution in [0.3, 0.4) is 0 Å². The van der Waals surface area contributed by atoms with Crippen LogP contribution in [0.1, 0.15) is 33.2 Å². The lowest BCUT2D eigenvalue weighted by Crippen LogP contribution is -2.50. The Morgan fingerprint density at radius 3 is 1.68 bits per heavy atom. The van der Waals surface area contributed by atoms with Gasteiger partial charge in [0.25, 0.3) is 11.8 Å². The van der Waals surface area contributed by atoms with Gasteiger partial charge < -0.3 is 14.5 Å². The van der Waals surface area contributed by atoms with E-state index in [1.807, 2.05) is 24.3 Å². The third kappa shape index (κ3) is 4.65. The summed E-state index contributed by atoms with van der Waals surface area (Å²) in [5.41, 5.74) is 2.22. The van der Waals surface area contributed by atoms with Crippen molar-refractivity contribution in [3.63, 3.8) is 0 Å². The third-order valence-electron chi connectivity index (χ3n) is 4.79. The molecule has 5 nitrogen and oxygen atoms in total. The first-order valence-corrected chi connectivity index (χ1v) is 9.20. The molecule has 7 heteroatoms. The molecule has 0 aromatic heterocycles. The lowest BCUT2D eigenvalue weighted by molar-refractivity contribution is -0.0498. The first-order chi connectivity index (χ1) is 13.5. The van der Waals surface area contributed by atoms with Gasteiger partial charge in [-0.2, -0.15) is 8.78 Å². The molecule has 148 valence electrons. The molecule has 1 aliphatic heterocycles. The van der Waals surface area contributed by atoms with E-state index in [0.29, 0.717) is 37.3 Å². The second-order valence-corrected chi connectivity index (χ2v) is 6.54. The van der Waals surface area contributed by atoms with Crippen molar-refractivity contribution in [1.82, 2.24) is 9.80 Å². The van der Waals surface area contributed by atoms with Crippen LogP contribution in [0.25, 0.3) is 0 Å². The molecule has 1 aliphatic rings. The summed E-state index contributed by atoms with van der Waals surface area (Å²) in [5.74, 6) is -0.220. The number of ether oxygens (including phenoxy) is 1. The van der Waals surface area contributed by atoms with E-state index in [1.54, 1.807) is 9.80 Å². The van der Waals surface area contributed by atoms with Crippen molar-refractivity contribution in [1.29, 1.82) is 0 Å². The van der Waals surface area contributed by atoms with Gasteiger partial charge in [-0.25, -0.2) is 0 Å². The number of halogens is 2. The molecule has 0 aliphatic carbocycles. The fourth-order valence-corrected chi connectivity index (χ4v) is 3.14. The van der Waals surface area contributed by atoms with Crippen molar-refractivity contribution < 1.29 is 23.1 Å². The molecule has 0 spiro atoms. The van der Waals surface area contributed by atoms with E-state index in [-0.39, 0.29) is 17.6 Å². The third-order valence-corrected chi connectivity index (χ3v) is 4.79. The minimum absolute atomic E-state index is 0.0102. The number of carbonyl (C=O) groups is 2. The maximum absolute atomic E-state index is 12.6. The average Bonchev–Trinajstić information content (AvgIpc) is 2.73. The number of benzene rings is 2. The predicted molar refractivity (Wildman–Crippen MR) is 101 cm³/mol. The van der Waals surface area contributed by atoms with E-state index in [9.17, 15) is 18.4 Å². The molecular formula is C21H22F2N2O3. The normalized spacial score (nSPS) is 14.3. The summed E-state index contributed by atoms with van der Waals surface area (Å²) in [6, 6.07) is 13.2. The van der Waals surface area contributed by atoms with E-state index in [0.717, 1.165) is 6.42 Å². The average molecular weight is 388 g/mol. The number of amides is 2. The second kappa shape index (κ2) is 8.82. The predicted octanol–water partition coefficient (Wildman–Crippen LogP) is 3.45. The maximum atomic E-state index is 12.6. The van der Waals surface area contributed by atoms with Crippen molar-refractivity contribution in [2.45, 2.75) is 20.0 Å². The Kier molecular flexibility index (Phi) is 6.23. The van der Waals surface area contributed by atoms with Crippen LogP contribution in [0.2, 0.25) is 0 Å². The van der Waals surface area contributed by atoms with E-state index in [1.165, 1.54) is 29.8 Å². The Hall–Kier alpha value is -2.96. The van der Waals surface area contributed by atoms with Gasteiger partial charge in [0.1, 0.15) is 5.75 Å². The van der Waals surface area contributed by atoms with E-state index in [2.05, 4.69) is 11.7 Å². The Bertz CT molecular complexity index is 815. The van der Waals surface area contributed by atoms with Gasteiger partial charge in [0.2, 0.25) is 0 Å². The van der Waals surface area contributed by atoms with Gasteiger partial charge in [0.05, 0.1) is 0 Å². The molecule has 1 heterocycles. The van der Waals surface area contributed by atoms with Crippen molar-refractivity contribution in [3.05, 3.63) is 65.2 Å². The topological polar surface area (TPSA) is 49.9 Å². The SMILES string of the molecule is CCc1ccc(C(=O)N2CCN(C(=O)c3ccc(OC(F)F)cc3)CC2)cc1. The van der Waals surface area contributed by atoms with Crippen LogP contribution in [0.5, 0.6) is 5.75 Å². The van der Waals surface area contributed by atoms with Crippen LogP contribution < -0.4 is 4.74 Å². The zero-order valence-corrected chi connectivity index (χ0v) is 15.6. The molecule has 2 aromatic rings. The zero-order chi connectivity index (χ0) is 20.1. The Labute approximate surface area is 162 Å². The smallest absolute Gasteiger partial charge is 0.387 e. The van der Waals surface area contributed by atoms with Crippen molar-refractivity contribution in [2.75, 3.05) is 26.2 Å². The highest BCUT2D eigenvalue weighted by Crippen LogP contribution is 2.17. The summed E-state index contributed by atoms with van der Waals surface area (Å²) >= 11 is 0. The number of carbonyl (C=O) groups excluding carboxylic acids is 2. The molecular weight excluding hydrogens is 366 g/mol. The van der Waals surface area contributed by atoms with E-state index < -0.39 is 6.61 Å². The van der Waals surface area contributed by atoms with Gasteiger partial charge in [-0.15, -0.1) is 0 Å². The molecule has 0 N–H and O–H groups in total. The standard InChI is InChI=1S/C21H22F2N2O3/c1-2-15-3-5-16(6-4-15)19(26)24-11-13-25(14-12-24)20(27)17-7-9-18(10-8-17)28-21(22)23/h3-10,21H,2,11-14H2,1H3. The minimum Gasteiger partial charge on any atom is -0.435 e. The number of aryl methyl sites for hydroxylation is 1. The summed E-state index contributed by atoms with van der Waals surface area (Å²) in [6.07, 6.45) is 0.921. The van der Waals surface area contributed by atoms with Crippen LogP contribution in [-0.4, -0.2) is 54.4 Å². The summed E-state index contributed by atoms with van der Waals surface area (Å²) in [4.78, 5) is 28.6. The van der Waals surface area contributed by atoms with Crippen molar-refractivity contribution >= 4 is 11.8 Å². The zero-order valence-electron chi connectivity index (χ0n) is 15.6. The van der Waals surface area contributed by atoms with E-state index in [4.69, 9.17) is 0 Å². The summed E-state index contributed by atoms with van der Waals surface area (Å²) in [5, 5.41) is 0. The Morgan fingerprint density at radius 1 is 0.857 bits per heavy atom. The van der Waals surface area contributed by atoms with Crippen LogP contribution >= 0.6 is 0 Å². The molecule has 2 amide bonds. The van der Waals surface area contributed by atoms with Crippen LogP contribution in [0, 0.1) is 0 Å². The molecule has 0 unspecified atom stereocenters. The van der Waals surface area contributed by atoms with Gasteiger partial charge >= 0.3 is 6.61 Å². The summed E-state index contributed by atoms with van der Waals surface area (Å²) in [7, 11) is 0. The maximum Gasteiger partial charge on any atom is 0.387 e. The highest BCUT2D eigenvalue weighted by Gasteiger charge is 2.25. The number of piperazine rings is 1. The number of alkyl halides is 2. The molecule has 1 saturated heterocycles. The van der Waals surface area contributed by atoms with Gasteiger partial charge in [-0.3, -0.25) is 9.59 Å². The molecule has 0 bridgehead atoms. The van der Waals surface area contributed by atoms with Crippen LogP contribution in [0.4, 0.5) is 8.78 Å². The molecule has 0 atom stereocenters. The molecule has 28 heavy (non-hydrogen) atoms. The fourth-order valence-electron chi connectivity index (χ4n) is 3.14. The molecule has 2 aromatic carbocycles. The van der Waals surface area contributed by atoms with Gasteiger partial charge in [-0.1, -0.05) is 19.1 Å². The first kappa shape index (κ1) is 19.8. The lowest BCUT2D eigenvalue weighted by Gasteiger charge is -2.35. The lowest BCUT2D eigenvalue weighted by atomic mass is 10.1. The monoisotopic (exact) mass is 388 g/mol. The van der Waals surface area contributed by atoms with E-state index >= 15 is 0 Å². The number of nitrogens with zero attached hydrogens (tertiary/aromatic N) is 2. The fraction of sp³-hybridized carbons (Fsp3) is 0.333. The van der Waals surface area contributed by atoms with Crippen molar-refractivity contribution in [2.24, 2.45) is 0 Å². The Morgan fingerprint density at radius 2 is 1.29 bits per heavy atom. The number of hydrogen-bond acceptors (Lipinski definition) is 3.